The van der Waals surface area contributed by atoms with Crippen LogP contribution in [0, 0.1) is 5.92 Å². The molecule has 5 heteroatoms. The van der Waals surface area contributed by atoms with Crippen LogP contribution in [0.4, 0.5) is 5.82 Å². The van der Waals surface area contributed by atoms with Crippen LogP contribution in [-0.2, 0) is 0 Å². The van der Waals surface area contributed by atoms with E-state index >= 15 is 0 Å². The first-order valence-corrected chi connectivity index (χ1v) is 6.58. The maximum absolute atomic E-state index is 10.7. The number of hydrogen-bond donors (Lipinski definition) is 2. The number of aromatic nitrogens is 2. The smallest absolute Gasteiger partial charge is 0.356 e. The van der Waals surface area contributed by atoms with Crippen LogP contribution in [0.25, 0.3) is 0 Å². The quantitative estimate of drug-likeness (QED) is 0.871. The molecular weight excluding hydrogens is 254 g/mol. The number of aromatic carboxylic acids is 1. The van der Waals surface area contributed by atoms with Crippen molar-refractivity contribution in [2.75, 3.05) is 11.9 Å². The summed E-state index contributed by atoms with van der Waals surface area (Å²) in [5.41, 5.74) is 1.34. The van der Waals surface area contributed by atoms with Gasteiger partial charge in [0.05, 0.1) is 12.4 Å². The number of carbonyl (C=O) groups is 1. The van der Waals surface area contributed by atoms with Gasteiger partial charge in [-0.1, -0.05) is 30.3 Å². The Balaban J connectivity index is 1.53. The third kappa shape index (κ3) is 2.77. The lowest BCUT2D eigenvalue weighted by atomic mass is 10.1. The lowest BCUT2D eigenvalue weighted by Gasteiger charge is -2.05. The molecule has 5 nitrogen and oxygen atoms in total. The van der Waals surface area contributed by atoms with Crippen molar-refractivity contribution in [1.29, 1.82) is 0 Å². The average molecular weight is 269 g/mol. The van der Waals surface area contributed by atoms with E-state index in [1.54, 1.807) is 0 Å². The van der Waals surface area contributed by atoms with Gasteiger partial charge in [0, 0.05) is 6.54 Å². The maximum atomic E-state index is 10.7. The number of hydrogen-bond acceptors (Lipinski definition) is 4. The largest absolute Gasteiger partial charge is 0.476 e. The highest BCUT2D eigenvalue weighted by Crippen LogP contribution is 2.47. The Kier molecular flexibility index (Phi) is 3.33. The molecule has 0 bridgehead atoms. The molecule has 2 atom stereocenters. The fourth-order valence-corrected chi connectivity index (χ4v) is 2.35. The molecular formula is C15H15N3O2. The van der Waals surface area contributed by atoms with Crippen molar-refractivity contribution in [3.05, 3.63) is 54.0 Å². The van der Waals surface area contributed by atoms with Gasteiger partial charge in [0.1, 0.15) is 5.82 Å². The van der Waals surface area contributed by atoms with Crippen molar-refractivity contribution in [2.45, 2.75) is 12.3 Å². The van der Waals surface area contributed by atoms with Crippen molar-refractivity contribution < 1.29 is 9.90 Å². The number of carboxylic acid groups (broad SMARTS) is 1. The molecule has 0 spiro atoms. The first-order valence-electron chi connectivity index (χ1n) is 6.58. The van der Waals surface area contributed by atoms with E-state index in [4.69, 9.17) is 5.11 Å². The predicted octanol–water partition coefficient (Wildman–Crippen LogP) is 2.39. The summed E-state index contributed by atoms with van der Waals surface area (Å²) in [6.07, 6.45) is 3.91. The van der Waals surface area contributed by atoms with E-state index in [0.717, 1.165) is 6.54 Å². The molecule has 3 rings (SSSR count). The van der Waals surface area contributed by atoms with Gasteiger partial charge in [0.15, 0.2) is 5.69 Å². The molecule has 102 valence electrons. The molecule has 1 aromatic carbocycles. The number of rotatable bonds is 5. The van der Waals surface area contributed by atoms with Crippen LogP contribution in [-0.4, -0.2) is 27.6 Å². The fraction of sp³-hybridized carbons (Fsp3) is 0.267. The van der Waals surface area contributed by atoms with Gasteiger partial charge in [-0.15, -0.1) is 0 Å². The van der Waals surface area contributed by atoms with Gasteiger partial charge in [0.2, 0.25) is 0 Å². The molecule has 20 heavy (non-hydrogen) atoms. The summed E-state index contributed by atoms with van der Waals surface area (Å²) in [6, 6.07) is 10.5. The predicted molar refractivity (Wildman–Crippen MR) is 74.8 cm³/mol. The Morgan fingerprint density at radius 1 is 1.25 bits per heavy atom. The highest BCUT2D eigenvalue weighted by molar-refractivity contribution is 5.84. The van der Waals surface area contributed by atoms with Gasteiger partial charge in [-0.05, 0) is 23.8 Å². The zero-order valence-electron chi connectivity index (χ0n) is 10.9. The summed E-state index contributed by atoms with van der Waals surface area (Å²) < 4.78 is 0. The summed E-state index contributed by atoms with van der Waals surface area (Å²) in [4.78, 5) is 18.5. The van der Waals surface area contributed by atoms with Crippen LogP contribution >= 0.6 is 0 Å². The topological polar surface area (TPSA) is 75.1 Å². The molecule has 2 N–H and O–H groups in total. The Morgan fingerprint density at radius 3 is 2.70 bits per heavy atom. The Labute approximate surface area is 116 Å². The standard InChI is InChI=1S/C15H15N3O2/c19-15(20)13-8-18-14(9-16-13)17-7-11-6-12(11)10-4-2-1-3-5-10/h1-5,8-9,11-12H,6-7H2,(H,17,18)(H,19,20)/t11-,12-/m0/s1. The summed E-state index contributed by atoms with van der Waals surface area (Å²) in [5.74, 6) is 0.789. The van der Waals surface area contributed by atoms with Gasteiger partial charge in [0.25, 0.3) is 0 Å². The van der Waals surface area contributed by atoms with E-state index in [0.29, 0.717) is 17.7 Å². The van der Waals surface area contributed by atoms with Crippen molar-refractivity contribution >= 4 is 11.8 Å². The number of nitrogens with zero attached hydrogens (tertiary/aromatic N) is 2. The third-order valence-electron chi connectivity index (χ3n) is 3.57. The number of carboxylic acids is 1. The summed E-state index contributed by atoms with van der Waals surface area (Å²) in [6.45, 7) is 0.834. The molecule has 0 aliphatic heterocycles. The van der Waals surface area contributed by atoms with E-state index in [2.05, 4.69) is 39.6 Å². The first kappa shape index (κ1) is 12.6. The van der Waals surface area contributed by atoms with Crippen LogP contribution in [0.2, 0.25) is 0 Å². The van der Waals surface area contributed by atoms with Crippen LogP contribution < -0.4 is 5.32 Å². The lowest BCUT2D eigenvalue weighted by molar-refractivity contribution is 0.0690. The van der Waals surface area contributed by atoms with Gasteiger partial charge in [-0.2, -0.15) is 0 Å². The van der Waals surface area contributed by atoms with Crippen molar-refractivity contribution in [1.82, 2.24) is 9.97 Å². The van der Waals surface area contributed by atoms with Crippen LogP contribution in [0.15, 0.2) is 42.7 Å². The second kappa shape index (κ2) is 5.28. The van der Waals surface area contributed by atoms with Gasteiger partial charge in [-0.25, -0.2) is 14.8 Å². The minimum atomic E-state index is -1.06. The Hall–Kier alpha value is -2.43. The second-order valence-electron chi connectivity index (χ2n) is 4.99. The molecule has 0 amide bonds. The lowest BCUT2D eigenvalue weighted by Crippen LogP contribution is -2.08. The second-order valence-corrected chi connectivity index (χ2v) is 4.99. The molecule has 0 unspecified atom stereocenters. The SMILES string of the molecule is O=C(O)c1cnc(NC[C@@H]2C[C@H]2c2ccccc2)cn1. The number of benzene rings is 1. The summed E-state index contributed by atoms with van der Waals surface area (Å²) in [7, 11) is 0. The molecule has 0 radical (unpaired) electrons. The van der Waals surface area contributed by atoms with Crippen LogP contribution in [0.5, 0.6) is 0 Å². The highest BCUT2D eigenvalue weighted by atomic mass is 16.4. The minimum absolute atomic E-state index is 0.0378. The molecule has 1 aliphatic rings. The van der Waals surface area contributed by atoms with E-state index in [1.807, 2.05) is 6.07 Å². The monoisotopic (exact) mass is 269 g/mol. The molecule has 1 heterocycles. The Bertz CT molecular complexity index is 598. The third-order valence-corrected chi connectivity index (χ3v) is 3.57. The number of anilines is 1. The molecule has 1 saturated carbocycles. The van der Waals surface area contributed by atoms with Gasteiger partial charge in [-0.3, -0.25) is 0 Å². The molecule has 1 aliphatic carbocycles. The van der Waals surface area contributed by atoms with E-state index in [-0.39, 0.29) is 5.69 Å². The minimum Gasteiger partial charge on any atom is -0.476 e. The van der Waals surface area contributed by atoms with Crippen molar-refractivity contribution in [2.24, 2.45) is 5.92 Å². The Morgan fingerprint density at radius 2 is 2.05 bits per heavy atom. The van der Waals surface area contributed by atoms with E-state index in [9.17, 15) is 4.79 Å². The number of nitrogens with one attached hydrogen (secondary N) is 1. The maximum Gasteiger partial charge on any atom is 0.356 e. The van der Waals surface area contributed by atoms with Gasteiger partial charge >= 0.3 is 5.97 Å². The summed E-state index contributed by atoms with van der Waals surface area (Å²) in [5, 5.41) is 11.9. The molecule has 1 aromatic heterocycles. The average Bonchev–Trinajstić information content (AvgIpc) is 3.26. The zero-order chi connectivity index (χ0) is 13.9. The van der Waals surface area contributed by atoms with E-state index in [1.165, 1.54) is 24.4 Å². The molecule has 0 saturated heterocycles. The molecule has 2 aromatic rings. The zero-order valence-corrected chi connectivity index (χ0v) is 10.9. The van der Waals surface area contributed by atoms with Crippen LogP contribution in [0.1, 0.15) is 28.4 Å². The van der Waals surface area contributed by atoms with Crippen molar-refractivity contribution in [3.8, 4) is 0 Å². The van der Waals surface area contributed by atoms with Crippen molar-refractivity contribution in [3.63, 3.8) is 0 Å². The first-order chi connectivity index (χ1) is 9.74. The normalized spacial score (nSPS) is 20.4. The highest BCUT2D eigenvalue weighted by Gasteiger charge is 2.37. The van der Waals surface area contributed by atoms with E-state index < -0.39 is 5.97 Å². The van der Waals surface area contributed by atoms with Gasteiger partial charge < -0.3 is 10.4 Å². The molecule has 1 fully saturated rings. The summed E-state index contributed by atoms with van der Waals surface area (Å²) >= 11 is 0. The van der Waals surface area contributed by atoms with Crippen LogP contribution in [0.3, 0.4) is 0 Å². The fourth-order valence-electron chi connectivity index (χ4n) is 2.35.